The van der Waals surface area contributed by atoms with Crippen molar-refractivity contribution < 1.29 is 14.7 Å². The smallest absolute Gasteiger partial charge is 0.323 e. The Kier molecular flexibility index (Phi) is 4.16. The van der Waals surface area contributed by atoms with Crippen LogP contribution in [-0.2, 0) is 11.3 Å². The molecule has 16 heavy (non-hydrogen) atoms. The molecule has 5 nitrogen and oxygen atoms in total. The molecular weight excluding hydrogens is 208 g/mol. The summed E-state index contributed by atoms with van der Waals surface area (Å²) in [4.78, 5) is 22.1. The SMILES string of the molecule is CC#CCNC(=O)c1cccn1CC(=O)O. The van der Waals surface area contributed by atoms with Gasteiger partial charge in [0.25, 0.3) is 5.91 Å². The second-order valence-corrected chi connectivity index (χ2v) is 3.02. The Bertz CT molecular complexity index is 451. The van der Waals surface area contributed by atoms with Crippen molar-refractivity contribution in [2.75, 3.05) is 6.54 Å². The van der Waals surface area contributed by atoms with Crippen LogP contribution in [0.2, 0.25) is 0 Å². The van der Waals surface area contributed by atoms with Crippen LogP contribution in [0.15, 0.2) is 18.3 Å². The number of rotatable bonds is 4. The van der Waals surface area contributed by atoms with E-state index >= 15 is 0 Å². The molecule has 5 heteroatoms. The zero-order valence-corrected chi connectivity index (χ0v) is 8.86. The predicted octanol–water partition coefficient (Wildman–Crippen LogP) is 0.326. The number of carbonyl (C=O) groups is 2. The van der Waals surface area contributed by atoms with Gasteiger partial charge in [-0.05, 0) is 19.1 Å². The molecule has 0 unspecified atom stereocenters. The second kappa shape index (κ2) is 5.61. The van der Waals surface area contributed by atoms with Gasteiger partial charge in [0, 0.05) is 6.20 Å². The van der Waals surface area contributed by atoms with Crippen molar-refractivity contribution in [2.24, 2.45) is 0 Å². The summed E-state index contributed by atoms with van der Waals surface area (Å²) in [6, 6.07) is 3.20. The number of aliphatic carboxylic acids is 1. The highest BCUT2D eigenvalue weighted by Crippen LogP contribution is 2.01. The van der Waals surface area contributed by atoms with E-state index in [4.69, 9.17) is 5.11 Å². The van der Waals surface area contributed by atoms with Crippen molar-refractivity contribution in [2.45, 2.75) is 13.5 Å². The number of carboxylic acids is 1. The van der Waals surface area contributed by atoms with Crippen molar-refractivity contribution in [3.05, 3.63) is 24.0 Å². The van der Waals surface area contributed by atoms with E-state index < -0.39 is 5.97 Å². The Hall–Kier alpha value is -2.22. The summed E-state index contributed by atoms with van der Waals surface area (Å²) in [6.45, 7) is 1.71. The van der Waals surface area contributed by atoms with Gasteiger partial charge in [0.2, 0.25) is 0 Å². The molecule has 0 aliphatic rings. The normalized spacial score (nSPS) is 9.06. The molecule has 0 spiro atoms. The van der Waals surface area contributed by atoms with Gasteiger partial charge in [-0.3, -0.25) is 9.59 Å². The first-order valence-electron chi connectivity index (χ1n) is 4.70. The highest BCUT2D eigenvalue weighted by atomic mass is 16.4. The molecule has 1 aromatic heterocycles. The van der Waals surface area contributed by atoms with Crippen LogP contribution in [0.5, 0.6) is 0 Å². The number of hydrogen-bond donors (Lipinski definition) is 2. The van der Waals surface area contributed by atoms with Gasteiger partial charge in [-0.2, -0.15) is 0 Å². The van der Waals surface area contributed by atoms with Gasteiger partial charge >= 0.3 is 5.97 Å². The largest absolute Gasteiger partial charge is 0.480 e. The van der Waals surface area contributed by atoms with Gasteiger partial charge < -0.3 is 15.0 Å². The quantitative estimate of drug-likeness (QED) is 0.718. The predicted molar refractivity (Wildman–Crippen MR) is 57.9 cm³/mol. The standard InChI is InChI=1S/C11H12N2O3/c1-2-3-6-12-11(16)9-5-4-7-13(9)8-10(14)15/h4-5,7H,6,8H2,1H3,(H,12,16)(H,14,15). The van der Waals surface area contributed by atoms with Crippen molar-refractivity contribution in [1.82, 2.24) is 9.88 Å². The van der Waals surface area contributed by atoms with E-state index in [1.807, 2.05) is 0 Å². The first-order valence-corrected chi connectivity index (χ1v) is 4.70. The van der Waals surface area contributed by atoms with Crippen LogP contribution >= 0.6 is 0 Å². The van der Waals surface area contributed by atoms with Crippen LogP contribution in [-0.4, -0.2) is 28.1 Å². The summed E-state index contributed by atoms with van der Waals surface area (Å²) in [6.07, 6.45) is 1.55. The maximum Gasteiger partial charge on any atom is 0.323 e. The first kappa shape index (κ1) is 11.9. The van der Waals surface area contributed by atoms with E-state index in [2.05, 4.69) is 17.2 Å². The van der Waals surface area contributed by atoms with E-state index in [9.17, 15) is 9.59 Å². The average molecular weight is 220 g/mol. The minimum atomic E-state index is -0.987. The third-order valence-corrected chi connectivity index (χ3v) is 1.88. The Morgan fingerprint density at radius 3 is 2.94 bits per heavy atom. The third kappa shape index (κ3) is 3.17. The van der Waals surface area contributed by atoms with Crippen molar-refractivity contribution in [1.29, 1.82) is 0 Å². The molecule has 1 amide bonds. The molecule has 0 atom stereocenters. The summed E-state index contributed by atoms with van der Waals surface area (Å²) < 4.78 is 1.37. The van der Waals surface area contributed by atoms with Gasteiger partial charge in [0.15, 0.2) is 0 Å². The number of nitrogens with one attached hydrogen (secondary N) is 1. The molecule has 0 saturated carbocycles. The maximum atomic E-state index is 11.6. The zero-order valence-electron chi connectivity index (χ0n) is 8.86. The molecule has 84 valence electrons. The average Bonchev–Trinajstić information content (AvgIpc) is 2.65. The Morgan fingerprint density at radius 2 is 2.31 bits per heavy atom. The lowest BCUT2D eigenvalue weighted by atomic mass is 10.4. The first-order chi connectivity index (χ1) is 7.65. The lowest BCUT2D eigenvalue weighted by Gasteiger charge is -2.05. The molecule has 0 fully saturated rings. The molecule has 0 aliphatic heterocycles. The van der Waals surface area contributed by atoms with E-state index in [1.165, 1.54) is 4.57 Å². The minimum absolute atomic E-state index is 0.227. The molecule has 0 radical (unpaired) electrons. The van der Waals surface area contributed by atoms with Crippen LogP contribution in [0, 0.1) is 11.8 Å². The lowest BCUT2D eigenvalue weighted by Crippen LogP contribution is -2.27. The molecule has 2 N–H and O–H groups in total. The van der Waals surface area contributed by atoms with Crippen molar-refractivity contribution in [3.63, 3.8) is 0 Å². The summed E-state index contributed by atoms with van der Waals surface area (Å²) in [7, 11) is 0. The fraction of sp³-hybridized carbons (Fsp3) is 0.273. The lowest BCUT2D eigenvalue weighted by molar-refractivity contribution is -0.137. The molecule has 0 aromatic carbocycles. The number of hydrogen-bond acceptors (Lipinski definition) is 2. The maximum absolute atomic E-state index is 11.6. The molecular formula is C11H12N2O3. The van der Waals surface area contributed by atoms with Gasteiger partial charge in [0.05, 0.1) is 6.54 Å². The molecule has 0 aliphatic carbocycles. The van der Waals surface area contributed by atoms with E-state index in [-0.39, 0.29) is 19.0 Å². The summed E-state index contributed by atoms with van der Waals surface area (Å²) in [5.41, 5.74) is 0.320. The third-order valence-electron chi connectivity index (χ3n) is 1.88. The number of amides is 1. The van der Waals surface area contributed by atoms with Crippen LogP contribution in [0.4, 0.5) is 0 Å². The monoisotopic (exact) mass is 220 g/mol. The molecule has 0 saturated heterocycles. The van der Waals surface area contributed by atoms with Gasteiger partial charge in [0.1, 0.15) is 12.2 Å². The summed E-state index contributed by atoms with van der Waals surface area (Å²) >= 11 is 0. The topological polar surface area (TPSA) is 71.3 Å². The zero-order chi connectivity index (χ0) is 12.0. The van der Waals surface area contributed by atoms with E-state index in [0.717, 1.165) is 0 Å². The van der Waals surface area contributed by atoms with E-state index in [0.29, 0.717) is 5.69 Å². The number of aromatic nitrogens is 1. The fourth-order valence-corrected chi connectivity index (χ4v) is 1.21. The molecule has 0 bridgehead atoms. The summed E-state index contributed by atoms with van der Waals surface area (Å²) in [5, 5.41) is 11.2. The second-order valence-electron chi connectivity index (χ2n) is 3.02. The van der Waals surface area contributed by atoms with Crippen molar-refractivity contribution >= 4 is 11.9 Å². The van der Waals surface area contributed by atoms with Crippen molar-refractivity contribution in [3.8, 4) is 11.8 Å². The van der Waals surface area contributed by atoms with Crippen LogP contribution < -0.4 is 5.32 Å². The fourth-order valence-electron chi connectivity index (χ4n) is 1.21. The Balaban J connectivity index is 2.70. The van der Waals surface area contributed by atoms with Crippen LogP contribution in [0.3, 0.4) is 0 Å². The van der Waals surface area contributed by atoms with E-state index in [1.54, 1.807) is 25.3 Å². The highest BCUT2D eigenvalue weighted by molar-refractivity contribution is 5.93. The number of nitrogens with zero attached hydrogens (tertiary/aromatic N) is 1. The van der Waals surface area contributed by atoms with Crippen LogP contribution in [0.25, 0.3) is 0 Å². The minimum Gasteiger partial charge on any atom is -0.480 e. The number of carboxylic acid groups (broad SMARTS) is 1. The Labute approximate surface area is 93.1 Å². The molecule has 1 aromatic rings. The number of carbonyl (C=O) groups excluding carboxylic acids is 1. The molecule has 1 rings (SSSR count). The molecule has 1 heterocycles. The van der Waals surface area contributed by atoms with Gasteiger partial charge in [-0.15, -0.1) is 5.92 Å². The summed E-state index contributed by atoms with van der Waals surface area (Å²) in [5.74, 6) is 4.03. The Morgan fingerprint density at radius 1 is 1.56 bits per heavy atom. The van der Waals surface area contributed by atoms with Gasteiger partial charge in [-0.25, -0.2) is 0 Å². The highest BCUT2D eigenvalue weighted by Gasteiger charge is 2.11. The van der Waals surface area contributed by atoms with Gasteiger partial charge in [-0.1, -0.05) is 5.92 Å². The van der Waals surface area contributed by atoms with Crippen LogP contribution in [0.1, 0.15) is 17.4 Å².